The molecule has 0 aromatic heterocycles. The van der Waals surface area contributed by atoms with Gasteiger partial charge in [0.05, 0.1) is 19.3 Å². The lowest BCUT2D eigenvalue weighted by molar-refractivity contribution is -0.143. The number of rotatable bonds is 44. The van der Waals surface area contributed by atoms with Crippen LogP contribution in [0, 0.1) is 0 Å². The number of hydrogen-bond acceptors (Lipinski definition) is 5. The Morgan fingerprint density at radius 2 is 0.902 bits per heavy atom. The first-order valence-corrected chi connectivity index (χ1v) is 23.3. The van der Waals surface area contributed by atoms with Gasteiger partial charge in [-0.05, 0) is 38.6 Å². The van der Waals surface area contributed by atoms with Crippen LogP contribution < -0.4 is 0 Å². The molecule has 0 radical (unpaired) electrons. The van der Waals surface area contributed by atoms with Crippen molar-refractivity contribution in [3.8, 4) is 0 Å². The lowest BCUT2D eigenvalue weighted by Gasteiger charge is -2.27. The summed E-state index contributed by atoms with van der Waals surface area (Å²) in [4.78, 5) is 14.6. The van der Waals surface area contributed by atoms with E-state index in [1.54, 1.807) is 0 Å². The topological polar surface area (TPSA) is 48.0 Å². The first-order valence-electron chi connectivity index (χ1n) is 22.8. The molecule has 0 aliphatic heterocycles. The second-order valence-electron chi connectivity index (χ2n) is 15.4. The average molecular weight is 745 g/mol. The third-order valence-corrected chi connectivity index (χ3v) is 10.4. The van der Waals surface area contributed by atoms with Gasteiger partial charge in [0.1, 0.15) is 0 Å². The molecule has 0 aliphatic carbocycles. The van der Waals surface area contributed by atoms with Crippen LogP contribution in [0.3, 0.4) is 0 Å². The minimum absolute atomic E-state index is 0.0337. The fourth-order valence-electron chi connectivity index (χ4n) is 6.88. The molecule has 6 heteroatoms. The van der Waals surface area contributed by atoms with Crippen LogP contribution in [0.1, 0.15) is 226 Å². The quantitative estimate of drug-likeness (QED) is 0.0353. The normalized spacial score (nSPS) is 12.3. The molecule has 0 amide bonds. The van der Waals surface area contributed by atoms with Crippen molar-refractivity contribution in [2.75, 3.05) is 51.9 Å². The molecule has 51 heavy (non-hydrogen) atoms. The molecule has 0 aliphatic rings. The molecule has 0 spiro atoms. The molecule has 0 fully saturated rings. The van der Waals surface area contributed by atoms with Crippen LogP contribution >= 0.6 is 11.6 Å². The summed E-state index contributed by atoms with van der Waals surface area (Å²) < 4.78 is 18.0. The summed E-state index contributed by atoms with van der Waals surface area (Å²) in [7, 11) is 0. The maximum absolute atomic E-state index is 12.2. The van der Waals surface area contributed by atoms with Crippen molar-refractivity contribution in [1.29, 1.82) is 0 Å². The Hall–Kier alpha value is -0.360. The molecule has 0 saturated carbocycles. The fourth-order valence-corrected chi connectivity index (χ4v) is 7.12. The van der Waals surface area contributed by atoms with E-state index in [0.29, 0.717) is 25.5 Å². The van der Waals surface area contributed by atoms with Gasteiger partial charge in [-0.3, -0.25) is 9.69 Å². The summed E-state index contributed by atoms with van der Waals surface area (Å²) in [5.41, 5.74) is 0. The van der Waals surface area contributed by atoms with Crippen LogP contribution in [0.2, 0.25) is 0 Å². The van der Waals surface area contributed by atoms with Crippen LogP contribution in [0.15, 0.2) is 0 Å². The van der Waals surface area contributed by atoms with Gasteiger partial charge >= 0.3 is 5.97 Å². The van der Waals surface area contributed by atoms with Gasteiger partial charge in [0.15, 0.2) is 0 Å². The first kappa shape index (κ1) is 50.6. The van der Waals surface area contributed by atoms with Crippen LogP contribution in [0.25, 0.3) is 0 Å². The van der Waals surface area contributed by atoms with Crippen molar-refractivity contribution >= 4 is 17.6 Å². The smallest absolute Gasteiger partial charge is 0.305 e. The molecule has 0 aromatic rings. The molecule has 0 N–H and O–H groups in total. The molecule has 1 atom stereocenters. The highest BCUT2D eigenvalue weighted by Crippen LogP contribution is 2.15. The van der Waals surface area contributed by atoms with E-state index in [2.05, 4.69) is 25.7 Å². The molecule has 0 aromatic carbocycles. The van der Waals surface area contributed by atoms with Crippen LogP contribution in [0.5, 0.6) is 0 Å². The van der Waals surface area contributed by atoms with Gasteiger partial charge in [-0.1, -0.05) is 188 Å². The zero-order valence-electron chi connectivity index (χ0n) is 34.8. The van der Waals surface area contributed by atoms with Crippen molar-refractivity contribution in [2.45, 2.75) is 232 Å². The highest BCUT2D eigenvalue weighted by molar-refractivity contribution is 6.18. The number of carbonyl (C=O) groups is 1. The lowest BCUT2D eigenvalue weighted by Crippen LogP contribution is -2.38. The van der Waals surface area contributed by atoms with E-state index in [-0.39, 0.29) is 12.1 Å². The number of ether oxygens (including phenoxy) is 3. The summed E-state index contributed by atoms with van der Waals surface area (Å²) in [5.74, 6) is 0.586. The van der Waals surface area contributed by atoms with E-state index >= 15 is 0 Å². The molecule has 1 unspecified atom stereocenters. The Kier molecular flexibility index (Phi) is 43.7. The molecule has 5 nitrogen and oxygen atoms in total. The predicted molar refractivity (Wildman–Crippen MR) is 223 cm³/mol. The zero-order chi connectivity index (χ0) is 37.1. The zero-order valence-corrected chi connectivity index (χ0v) is 35.6. The Balaban J connectivity index is 4.07. The number of unbranched alkanes of at least 4 members (excludes halogenated alkanes) is 27. The van der Waals surface area contributed by atoms with Crippen molar-refractivity contribution in [3.05, 3.63) is 0 Å². The largest absolute Gasteiger partial charge is 0.466 e. The molecule has 0 rings (SSSR count). The number of halogens is 1. The second-order valence-corrected chi connectivity index (χ2v) is 15.8. The number of alkyl halides is 1. The maximum Gasteiger partial charge on any atom is 0.305 e. The van der Waals surface area contributed by atoms with Gasteiger partial charge in [-0.25, -0.2) is 0 Å². The van der Waals surface area contributed by atoms with E-state index < -0.39 is 0 Å². The molecular weight excluding hydrogens is 654 g/mol. The van der Waals surface area contributed by atoms with Gasteiger partial charge in [-0.15, -0.1) is 11.6 Å². The van der Waals surface area contributed by atoms with Gasteiger partial charge < -0.3 is 14.2 Å². The van der Waals surface area contributed by atoms with Crippen molar-refractivity contribution in [1.82, 2.24) is 4.90 Å². The third kappa shape index (κ3) is 40.7. The van der Waals surface area contributed by atoms with Crippen molar-refractivity contribution in [3.63, 3.8) is 0 Å². The highest BCUT2D eigenvalue weighted by atomic mass is 35.5. The summed E-state index contributed by atoms with van der Waals surface area (Å²) in [5, 5.41) is 0. The SMILES string of the molecule is CCCCCCCCCCCCCCCCCCOCC(CN(CCCl)CCCCCC(=O)OCCCCCCCCCC)OCCCCCC. The van der Waals surface area contributed by atoms with E-state index in [1.165, 1.54) is 161 Å². The summed E-state index contributed by atoms with van der Waals surface area (Å²) >= 11 is 6.22. The minimum atomic E-state index is -0.0337. The van der Waals surface area contributed by atoms with E-state index in [0.717, 1.165) is 71.4 Å². The molecule has 0 heterocycles. The van der Waals surface area contributed by atoms with E-state index in [9.17, 15) is 4.79 Å². The van der Waals surface area contributed by atoms with Crippen LogP contribution in [0.4, 0.5) is 0 Å². The first-order chi connectivity index (χ1) is 25.2. The molecule has 0 bridgehead atoms. The average Bonchev–Trinajstić information content (AvgIpc) is 3.13. The predicted octanol–water partition coefficient (Wildman–Crippen LogP) is 14.0. The summed E-state index contributed by atoms with van der Waals surface area (Å²) in [6.07, 6.45) is 40.8. The molecular formula is C45H90ClNO4. The van der Waals surface area contributed by atoms with E-state index in [1.807, 2.05) is 0 Å². The number of carbonyl (C=O) groups excluding carboxylic acids is 1. The monoisotopic (exact) mass is 744 g/mol. The highest BCUT2D eigenvalue weighted by Gasteiger charge is 2.15. The standard InChI is InChI=1S/C45H90ClNO4/c1-4-7-10-13-15-17-18-19-20-21-22-23-24-25-27-32-39-49-43-44(50-40-33-12-9-6-3)42-47(38-36-46)37-31-29-30-35-45(48)51-41-34-28-26-16-14-11-8-5-2/h44H,4-43H2,1-3H3. The Morgan fingerprint density at radius 3 is 1.39 bits per heavy atom. The summed E-state index contributed by atoms with van der Waals surface area (Å²) in [6, 6.07) is 0. The number of nitrogens with zero attached hydrogens (tertiary/aromatic N) is 1. The fraction of sp³-hybridized carbons (Fsp3) is 0.978. The third-order valence-electron chi connectivity index (χ3n) is 10.3. The summed E-state index contributed by atoms with van der Waals surface area (Å²) in [6.45, 7) is 12.4. The van der Waals surface area contributed by atoms with Crippen LogP contribution in [-0.4, -0.2) is 68.9 Å². The van der Waals surface area contributed by atoms with Crippen LogP contribution in [-0.2, 0) is 19.0 Å². The maximum atomic E-state index is 12.2. The Labute approximate surface area is 324 Å². The van der Waals surface area contributed by atoms with Gasteiger partial charge in [0.2, 0.25) is 0 Å². The minimum Gasteiger partial charge on any atom is -0.466 e. The molecule has 306 valence electrons. The van der Waals surface area contributed by atoms with Crippen molar-refractivity contribution in [2.24, 2.45) is 0 Å². The van der Waals surface area contributed by atoms with Gasteiger partial charge in [0, 0.05) is 38.6 Å². The second kappa shape index (κ2) is 44.0. The lowest BCUT2D eigenvalue weighted by atomic mass is 10.0. The van der Waals surface area contributed by atoms with E-state index in [4.69, 9.17) is 25.8 Å². The number of hydrogen-bond donors (Lipinski definition) is 0. The Morgan fingerprint density at radius 1 is 0.490 bits per heavy atom. The van der Waals surface area contributed by atoms with Gasteiger partial charge in [-0.2, -0.15) is 0 Å². The van der Waals surface area contributed by atoms with Crippen molar-refractivity contribution < 1.29 is 19.0 Å². The van der Waals surface area contributed by atoms with Gasteiger partial charge in [0.25, 0.3) is 0 Å². The Bertz CT molecular complexity index is 666. The number of esters is 1. The molecule has 0 saturated heterocycles.